The summed E-state index contributed by atoms with van der Waals surface area (Å²) in [5, 5.41) is 13.2. The molecule has 0 aromatic heterocycles. The maximum atomic E-state index is 9.05. The number of aliphatic hydroxyl groups excluding tert-OH is 1. The van der Waals surface area contributed by atoms with E-state index in [0.717, 1.165) is 17.7 Å². The Morgan fingerprint density at radius 1 is 1.39 bits per heavy atom. The van der Waals surface area contributed by atoms with Crippen molar-refractivity contribution in [1.29, 1.82) is 0 Å². The van der Waals surface area contributed by atoms with Gasteiger partial charge in [-0.25, -0.2) is 0 Å². The standard InChI is InChI=1S/C14H22ClNO2/c1-10(2)13(7-8-17)16-9-11-12(15)5-4-6-14(11)18-3/h4-6,10,13,16-17H,7-9H2,1-3H3. The Kier molecular flexibility index (Phi) is 6.47. The van der Waals surface area contributed by atoms with Crippen LogP contribution in [0.5, 0.6) is 5.75 Å². The SMILES string of the molecule is COc1cccc(Cl)c1CNC(CCO)C(C)C. The first kappa shape index (κ1) is 15.3. The number of nitrogens with one attached hydrogen (secondary N) is 1. The second-order valence-electron chi connectivity index (χ2n) is 4.66. The van der Waals surface area contributed by atoms with Crippen LogP contribution in [0.25, 0.3) is 0 Å². The van der Waals surface area contributed by atoms with Crippen molar-refractivity contribution < 1.29 is 9.84 Å². The zero-order valence-corrected chi connectivity index (χ0v) is 12.0. The minimum atomic E-state index is 0.190. The van der Waals surface area contributed by atoms with E-state index in [1.165, 1.54) is 0 Å². The van der Waals surface area contributed by atoms with Crippen molar-refractivity contribution in [1.82, 2.24) is 5.32 Å². The van der Waals surface area contributed by atoms with Gasteiger partial charge in [0.1, 0.15) is 5.75 Å². The summed E-state index contributed by atoms with van der Waals surface area (Å²) in [6.07, 6.45) is 0.741. The molecule has 4 heteroatoms. The number of rotatable bonds is 7. The van der Waals surface area contributed by atoms with E-state index in [-0.39, 0.29) is 12.6 Å². The van der Waals surface area contributed by atoms with Crippen molar-refractivity contribution in [2.75, 3.05) is 13.7 Å². The van der Waals surface area contributed by atoms with Crippen LogP contribution in [-0.4, -0.2) is 24.9 Å². The van der Waals surface area contributed by atoms with Crippen LogP contribution in [0.1, 0.15) is 25.8 Å². The van der Waals surface area contributed by atoms with Gasteiger partial charge in [0.15, 0.2) is 0 Å². The number of aliphatic hydroxyl groups is 1. The van der Waals surface area contributed by atoms with Crippen LogP contribution in [-0.2, 0) is 6.54 Å². The molecule has 1 atom stereocenters. The van der Waals surface area contributed by atoms with E-state index in [2.05, 4.69) is 19.2 Å². The molecule has 0 radical (unpaired) electrons. The third-order valence-electron chi connectivity index (χ3n) is 3.08. The lowest BCUT2D eigenvalue weighted by molar-refractivity contribution is 0.243. The van der Waals surface area contributed by atoms with Gasteiger partial charge in [-0.2, -0.15) is 0 Å². The predicted octanol–water partition coefficient (Wildman–Crippen LogP) is 2.85. The molecular formula is C14H22ClNO2. The molecule has 0 saturated heterocycles. The summed E-state index contributed by atoms with van der Waals surface area (Å²) in [6.45, 7) is 5.11. The van der Waals surface area contributed by atoms with E-state index in [1.54, 1.807) is 7.11 Å². The average Bonchev–Trinajstić information content (AvgIpc) is 2.35. The molecule has 1 aromatic rings. The smallest absolute Gasteiger partial charge is 0.124 e. The molecule has 0 saturated carbocycles. The van der Waals surface area contributed by atoms with Crippen molar-refractivity contribution >= 4 is 11.6 Å². The molecule has 0 heterocycles. The molecule has 3 nitrogen and oxygen atoms in total. The zero-order valence-electron chi connectivity index (χ0n) is 11.2. The molecule has 1 aromatic carbocycles. The summed E-state index contributed by atoms with van der Waals surface area (Å²) in [7, 11) is 1.64. The number of benzene rings is 1. The number of hydrogen-bond acceptors (Lipinski definition) is 3. The molecule has 0 aliphatic carbocycles. The second kappa shape index (κ2) is 7.62. The largest absolute Gasteiger partial charge is 0.496 e. The van der Waals surface area contributed by atoms with Crippen LogP contribution in [0, 0.1) is 5.92 Å². The van der Waals surface area contributed by atoms with Gasteiger partial charge in [-0.3, -0.25) is 0 Å². The molecule has 0 spiro atoms. The predicted molar refractivity (Wildman–Crippen MR) is 75.2 cm³/mol. The van der Waals surface area contributed by atoms with Gasteiger partial charge in [0.05, 0.1) is 7.11 Å². The van der Waals surface area contributed by atoms with Gasteiger partial charge in [0.2, 0.25) is 0 Å². The lowest BCUT2D eigenvalue weighted by Crippen LogP contribution is -2.34. The van der Waals surface area contributed by atoms with E-state index in [9.17, 15) is 0 Å². The van der Waals surface area contributed by atoms with Gasteiger partial charge in [-0.1, -0.05) is 31.5 Å². The molecule has 0 bridgehead atoms. The number of hydrogen-bond donors (Lipinski definition) is 2. The van der Waals surface area contributed by atoms with Crippen molar-refractivity contribution in [2.24, 2.45) is 5.92 Å². The number of halogens is 1. The highest BCUT2D eigenvalue weighted by molar-refractivity contribution is 6.31. The quantitative estimate of drug-likeness (QED) is 0.801. The minimum Gasteiger partial charge on any atom is -0.496 e. The first-order chi connectivity index (χ1) is 8.60. The highest BCUT2D eigenvalue weighted by Gasteiger charge is 2.14. The van der Waals surface area contributed by atoms with E-state index < -0.39 is 0 Å². The van der Waals surface area contributed by atoms with E-state index in [0.29, 0.717) is 17.5 Å². The third-order valence-corrected chi connectivity index (χ3v) is 3.44. The fourth-order valence-corrected chi connectivity index (χ4v) is 2.18. The van der Waals surface area contributed by atoms with Crippen LogP contribution in [0.3, 0.4) is 0 Å². The summed E-state index contributed by atoms with van der Waals surface area (Å²) in [4.78, 5) is 0. The molecule has 1 rings (SSSR count). The first-order valence-electron chi connectivity index (χ1n) is 6.25. The Morgan fingerprint density at radius 2 is 2.11 bits per heavy atom. The van der Waals surface area contributed by atoms with E-state index in [1.807, 2.05) is 18.2 Å². The van der Waals surface area contributed by atoms with Crippen LogP contribution < -0.4 is 10.1 Å². The summed E-state index contributed by atoms with van der Waals surface area (Å²) >= 11 is 6.18. The van der Waals surface area contributed by atoms with Crippen LogP contribution in [0.4, 0.5) is 0 Å². The van der Waals surface area contributed by atoms with Crippen LogP contribution in [0.15, 0.2) is 18.2 Å². The summed E-state index contributed by atoms with van der Waals surface area (Å²) in [5.41, 5.74) is 0.963. The van der Waals surface area contributed by atoms with Gasteiger partial charge in [-0.05, 0) is 24.5 Å². The fourth-order valence-electron chi connectivity index (χ4n) is 1.95. The Hall–Kier alpha value is -0.770. The fraction of sp³-hybridized carbons (Fsp3) is 0.571. The van der Waals surface area contributed by atoms with Crippen molar-refractivity contribution in [2.45, 2.75) is 32.9 Å². The lowest BCUT2D eigenvalue weighted by Gasteiger charge is -2.22. The molecule has 0 amide bonds. The van der Waals surface area contributed by atoms with Crippen molar-refractivity contribution in [3.8, 4) is 5.75 Å². The monoisotopic (exact) mass is 271 g/mol. The molecule has 0 aliphatic rings. The van der Waals surface area contributed by atoms with Crippen LogP contribution >= 0.6 is 11.6 Å². The normalized spacial score (nSPS) is 12.8. The molecule has 0 aliphatic heterocycles. The maximum Gasteiger partial charge on any atom is 0.124 e. The van der Waals surface area contributed by atoms with Gasteiger partial charge >= 0.3 is 0 Å². The Bertz CT molecular complexity index is 369. The van der Waals surface area contributed by atoms with E-state index >= 15 is 0 Å². The second-order valence-corrected chi connectivity index (χ2v) is 5.07. The third kappa shape index (κ3) is 4.16. The molecular weight excluding hydrogens is 250 g/mol. The topological polar surface area (TPSA) is 41.5 Å². The highest BCUT2D eigenvalue weighted by atomic mass is 35.5. The average molecular weight is 272 g/mol. The summed E-state index contributed by atoms with van der Waals surface area (Å²) in [5.74, 6) is 1.26. The number of methoxy groups -OCH3 is 1. The Morgan fingerprint density at radius 3 is 2.67 bits per heavy atom. The van der Waals surface area contributed by atoms with Gasteiger partial charge in [0.25, 0.3) is 0 Å². The van der Waals surface area contributed by atoms with Crippen LogP contribution in [0.2, 0.25) is 5.02 Å². The molecule has 2 N–H and O–H groups in total. The van der Waals surface area contributed by atoms with Gasteiger partial charge in [-0.15, -0.1) is 0 Å². The highest BCUT2D eigenvalue weighted by Crippen LogP contribution is 2.26. The van der Waals surface area contributed by atoms with Gasteiger partial charge < -0.3 is 15.2 Å². The van der Waals surface area contributed by atoms with Crippen molar-refractivity contribution in [3.05, 3.63) is 28.8 Å². The van der Waals surface area contributed by atoms with Crippen molar-refractivity contribution in [3.63, 3.8) is 0 Å². The van der Waals surface area contributed by atoms with E-state index in [4.69, 9.17) is 21.4 Å². The molecule has 0 fully saturated rings. The maximum absolute atomic E-state index is 9.05. The Balaban J connectivity index is 2.72. The molecule has 18 heavy (non-hydrogen) atoms. The molecule has 1 unspecified atom stereocenters. The first-order valence-corrected chi connectivity index (χ1v) is 6.63. The number of ether oxygens (including phenoxy) is 1. The van der Waals surface area contributed by atoms with Gasteiger partial charge in [0, 0.05) is 29.8 Å². The zero-order chi connectivity index (χ0) is 13.5. The summed E-state index contributed by atoms with van der Waals surface area (Å²) < 4.78 is 5.31. The minimum absolute atomic E-state index is 0.190. The molecule has 102 valence electrons. The summed E-state index contributed by atoms with van der Waals surface area (Å²) in [6, 6.07) is 5.91. The lowest BCUT2D eigenvalue weighted by atomic mass is 10.0. The Labute approximate surface area is 114 Å².